The van der Waals surface area contributed by atoms with Crippen molar-refractivity contribution in [2.24, 2.45) is 0 Å². The van der Waals surface area contributed by atoms with Gasteiger partial charge < -0.3 is 9.09 Å². The zero-order valence-corrected chi connectivity index (χ0v) is 11.4. The fraction of sp³-hybridized carbons (Fsp3) is 0.308. The summed E-state index contributed by atoms with van der Waals surface area (Å²) in [6.07, 6.45) is 1.32. The van der Waals surface area contributed by atoms with Crippen molar-refractivity contribution in [3.8, 4) is 0 Å². The summed E-state index contributed by atoms with van der Waals surface area (Å²) < 4.78 is 6.80. The molecule has 0 amide bonds. The van der Waals surface area contributed by atoms with Crippen LogP contribution in [0.5, 0.6) is 0 Å². The lowest BCUT2D eigenvalue weighted by molar-refractivity contribution is 0.408. The van der Waals surface area contributed by atoms with Crippen LogP contribution < -0.4 is 0 Å². The standard InChI is InChI=1S/C13H13ClN4O/c1-8-4-3-5-10-12(8)16-13(9(2)14)18(10)6-11-15-7-19-17-11/h3-5,7,9H,6H2,1-2H3. The molecule has 0 aliphatic rings. The highest BCUT2D eigenvalue weighted by molar-refractivity contribution is 6.20. The number of hydrogen-bond acceptors (Lipinski definition) is 4. The molecular weight excluding hydrogens is 264 g/mol. The minimum Gasteiger partial charge on any atom is -0.343 e. The van der Waals surface area contributed by atoms with E-state index in [-0.39, 0.29) is 5.38 Å². The summed E-state index contributed by atoms with van der Waals surface area (Å²) in [6, 6.07) is 6.07. The Bertz CT molecular complexity index is 703. The Labute approximate surface area is 115 Å². The molecule has 2 heterocycles. The van der Waals surface area contributed by atoms with E-state index in [0.29, 0.717) is 12.4 Å². The van der Waals surface area contributed by atoms with Crippen LogP contribution in [0.2, 0.25) is 0 Å². The molecule has 0 aliphatic heterocycles. The van der Waals surface area contributed by atoms with Crippen LogP contribution in [0.4, 0.5) is 0 Å². The minimum absolute atomic E-state index is 0.182. The average Bonchev–Trinajstić information content (AvgIpc) is 2.99. The number of benzene rings is 1. The van der Waals surface area contributed by atoms with Crippen molar-refractivity contribution < 1.29 is 4.52 Å². The van der Waals surface area contributed by atoms with E-state index in [1.807, 2.05) is 36.6 Å². The Morgan fingerprint density at radius 2 is 2.26 bits per heavy atom. The quantitative estimate of drug-likeness (QED) is 0.690. The van der Waals surface area contributed by atoms with Gasteiger partial charge >= 0.3 is 0 Å². The van der Waals surface area contributed by atoms with Crippen molar-refractivity contribution >= 4 is 22.6 Å². The van der Waals surface area contributed by atoms with Gasteiger partial charge in [-0.05, 0) is 25.5 Å². The Balaban J connectivity index is 2.19. The number of aromatic nitrogens is 4. The van der Waals surface area contributed by atoms with E-state index in [2.05, 4.69) is 15.1 Å². The van der Waals surface area contributed by atoms with Gasteiger partial charge in [0.05, 0.1) is 23.0 Å². The number of rotatable bonds is 3. The average molecular weight is 277 g/mol. The molecule has 0 bridgehead atoms. The largest absolute Gasteiger partial charge is 0.343 e. The SMILES string of the molecule is Cc1cccc2c1nc(C(C)Cl)n2Cc1ncon1. The van der Waals surface area contributed by atoms with Gasteiger partial charge in [-0.25, -0.2) is 4.98 Å². The van der Waals surface area contributed by atoms with Gasteiger partial charge in [0.15, 0.2) is 5.82 Å². The molecule has 1 unspecified atom stereocenters. The van der Waals surface area contributed by atoms with Crippen molar-refractivity contribution in [3.05, 3.63) is 41.8 Å². The van der Waals surface area contributed by atoms with Gasteiger partial charge in [0.1, 0.15) is 5.82 Å². The number of fused-ring (bicyclic) bond motifs is 1. The van der Waals surface area contributed by atoms with Crippen LogP contribution in [-0.4, -0.2) is 19.7 Å². The summed E-state index contributed by atoms with van der Waals surface area (Å²) in [5.41, 5.74) is 3.13. The van der Waals surface area contributed by atoms with E-state index < -0.39 is 0 Å². The second kappa shape index (κ2) is 4.66. The van der Waals surface area contributed by atoms with Gasteiger partial charge in [0.2, 0.25) is 6.39 Å². The second-order valence-corrected chi connectivity index (χ2v) is 5.12. The smallest absolute Gasteiger partial charge is 0.213 e. The molecule has 0 fully saturated rings. The molecular formula is C13H13ClN4O. The van der Waals surface area contributed by atoms with Gasteiger partial charge in [0.25, 0.3) is 0 Å². The molecule has 0 aliphatic carbocycles. The number of halogens is 1. The first-order valence-corrected chi connectivity index (χ1v) is 6.45. The lowest BCUT2D eigenvalue weighted by Gasteiger charge is -2.07. The van der Waals surface area contributed by atoms with Crippen molar-refractivity contribution in [1.29, 1.82) is 0 Å². The summed E-state index contributed by atoms with van der Waals surface area (Å²) in [6.45, 7) is 4.45. The van der Waals surface area contributed by atoms with Crippen LogP contribution in [0, 0.1) is 6.92 Å². The number of hydrogen-bond donors (Lipinski definition) is 0. The van der Waals surface area contributed by atoms with E-state index >= 15 is 0 Å². The summed E-state index contributed by atoms with van der Waals surface area (Å²) >= 11 is 6.22. The zero-order valence-electron chi connectivity index (χ0n) is 10.7. The Kier molecular flexibility index (Phi) is 2.98. The van der Waals surface area contributed by atoms with Crippen LogP contribution >= 0.6 is 11.6 Å². The molecule has 2 aromatic heterocycles. The number of aryl methyl sites for hydroxylation is 1. The monoisotopic (exact) mass is 276 g/mol. The van der Waals surface area contributed by atoms with E-state index in [1.165, 1.54) is 6.39 Å². The number of imidazole rings is 1. The van der Waals surface area contributed by atoms with Crippen molar-refractivity contribution in [2.45, 2.75) is 25.8 Å². The summed E-state index contributed by atoms with van der Waals surface area (Å²) in [5.74, 6) is 1.43. The first-order chi connectivity index (χ1) is 9.16. The van der Waals surface area contributed by atoms with E-state index in [0.717, 1.165) is 22.4 Å². The molecule has 0 spiro atoms. The van der Waals surface area contributed by atoms with Crippen molar-refractivity contribution in [3.63, 3.8) is 0 Å². The van der Waals surface area contributed by atoms with E-state index in [9.17, 15) is 0 Å². The highest BCUT2D eigenvalue weighted by Crippen LogP contribution is 2.26. The van der Waals surface area contributed by atoms with Crippen LogP contribution in [0.1, 0.15) is 29.5 Å². The first kappa shape index (κ1) is 12.2. The van der Waals surface area contributed by atoms with E-state index in [1.54, 1.807) is 0 Å². The van der Waals surface area contributed by atoms with Crippen LogP contribution in [-0.2, 0) is 6.54 Å². The van der Waals surface area contributed by atoms with Gasteiger partial charge in [-0.15, -0.1) is 11.6 Å². The highest BCUT2D eigenvalue weighted by Gasteiger charge is 2.17. The maximum Gasteiger partial charge on any atom is 0.213 e. The minimum atomic E-state index is -0.182. The maximum atomic E-state index is 6.22. The third-order valence-corrected chi connectivity index (χ3v) is 3.27. The summed E-state index contributed by atoms with van der Waals surface area (Å²) in [7, 11) is 0. The zero-order chi connectivity index (χ0) is 13.4. The van der Waals surface area contributed by atoms with Crippen molar-refractivity contribution in [2.75, 3.05) is 0 Å². The third-order valence-electron chi connectivity index (χ3n) is 3.07. The van der Waals surface area contributed by atoms with Gasteiger partial charge in [0, 0.05) is 0 Å². The number of nitrogens with zero attached hydrogens (tertiary/aromatic N) is 4. The maximum absolute atomic E-state index is 6.22. The van der Waals surface area contributed by atoms with Gasteiger partial charge in [-0.1, -0.05) is 17.3 Å². The topological polar surface area (TPSA) is 56.7 Å². The highest BCUT2D eigenvalue weighted by atomic mass is 35.5. The van der Waals surface area contributed by atoms with Crippen LogP contribution in [0.15, 0.2) is 29.1 Å². The molecule has 1 atom stereocenters. The number of para-hydroxylation sites is 1. The predicted molar refractivity (Wildman–Crippen MR) is 72.1 cm³/mol. The fourth-order valence-corrected chi connectivity index (χ4v) is 2.35. The first-order valence-electron chi connectivity index (χ1n) is 6.02. The van der Waals surface area contributed by atoms with Gasteiger partial charge in [-0.2, -0.15) is 4.98 Å². The van der Waals surface area contributed by atoms with Crippen LogP contribution in [0.25, 0.3) is 11.0 Å². The molecule has 3 rings (SSSR count). The second-order valence-electron chi connectivity index (χ2n) is 4.46. The number of alkyl halides is 1. The lowest BCUT2D eigenvalue weighted by Crippen LogP contribution is -2.06. The summed E-state index contributed by atoms with van der Waals surface area (Å²) in [5, 5.41) is 3.66. The normalized spacial score (nSPS) is 13.0. The molecule has 98 valence electrons. The Morgan fingerprint density at radius 3 is 2.95 bits per heavy atom. The Morgan fingerprint density at radius 1 is 1.42 bits per heavy atom. The summed E-state index contributed by atoms with van der Waals surface area (Å²) in [4.78, 5) is 8.69. The predicted octanol–water partition coefficient (Wildman–Crippen LogP) is 3.08. The van der Waals surface area contributed by atoms with Gasteiger partial charge in [-0.3, -0.25) is 0 Å². The third kappa shape index (κ3) is 2.10. The molecule has 6 heteroatoms. The fourth-order valence-electron chi connectivity index (χ4n) is 2.18. The molecule has 1 aromatic carbocycles. The Hall–Kier alpha value is -1.88. The van der Waals surface area contributed by atoms with E-state index in [4.69, 9.17) is 16.1 Å². The molecule has 5 nitrogen and oxygen atoms in total. The lowest BCUT2D eigenvalue weighted by atomic mass is 10.2. The van der Waals surface area contributed by atoms with Crippen molar-refractivity contribution in [1.82, 2.24) is 19.7 Å². The molecule has 0 saturated carbocycles. The molecule has 0 N–H and O–H groups in total. The molecule has 0 radical (unpaired) electrons. The molecule has 3 aromatic rings. The molecule has 0 saturated heterocycles. The van der Waals surface area contributed by atoms with Crippen LogP contribution in [0.3, 0.4) is 0 Å². The molecule has 19 heavy (non-hydrogen) atoms.